The van der Waals surface area contributed by atoms with Gasteiger partial charge in [0.1, 0.15) is 24.6 Å². The van der Waals surface area contributed by atoms with Gasteiger partial charge in [0.05, 0.1) is 30.5 Å². The Morgan fingerprint density at radius 1 is 0.943 bits per heavy atom. The molecule has 3 aromatic rings. The number of rotatable bonds is 9. The molecule has 3 aliphatic carbocycles. The average Bonchev–Trinajstić information content (AvgIpc) is 1.69. The number of aliphatic imine (C=N–C) groups is 1. The Morgan fingerprint density at radius 3 is 2.45 bits per heavy atom. The molecule has 9 rings (SSSR count). The maximum absolute atomic E-state index is 15.3. The third-order valence-electron chi connectivity index (χ3n) is 20.5. The number of ether oxygens (including phenoxy) is 1. The van der Waals surface area contributed by atoms with Crippen LogP contribution in [0.4, 0.5) is 0 Å². The van der Waals surface area contributed by atoms with E-state index < -0.39 is 71.1 Å². The molecule has 16 heteroatoms. The number of hydrogen-bond donors (Lipinski definition) is 12. The number of carbonyl (C=O) groups is 2. The fourth-order valence-corrected chi connectivity index (χ4v) is 15.5. The number of hydrogen-bond acceptors (Lipinski definition) is 13. The van der Waals surface area contributed by atoms with Crippen LogP contribution < -0.4 is 33.2 Å². The quantitative estimate of drug-likeness (QED) is 0.0446. The van der Waals surface area contributed by atoms with Crippen molar-refractivity contribution in [2.75, 3.05) is 39.5 Å². The highest BCUT2D eigenvalue weighted by Gasteiger charge is 2.64. The summed E-state index contributed by atoms with van der Waals surface area (Å²) in [5.41, 5.74) is 24.6. The topological polar surface area (TPSA) is 291 Å². The van der Waals surface area contributed by atoms with Crippen molar-refractivity contribution in [3.8, 4) is 17.6 Å². The molecule has 3 aromatic carbocycles. The lowest BCUT2D eigenvalue weighted by Crippen LogP contribution is -2.59. The van der Waals surface area contributed by atoms with Gasteiger partial charge in [0.15, 0.2) is 11.7 Å². The molecule has 2 bridgehead atoms. The molecule has 14 unspecified atom stereocenters. The molecule has 16 nitrogen and oxygen atoms in total. The van der Waals surface area contributed by atoms with Crippen LogP contribution in [-0.4, -0.2) is 118 Å². The predicted octanol–water partition coefficient (Wildman–Crippen LogP) is 6.99. The summed E-state index contributed by atoms with van der Waals surface area (Å²) in [5, 5.41) is 81.8. The molecule has 6 aliphatic rings. The molecule has 14 atom stereocenters. The van der Waals surface area contributed by atoms with Crippen LogP contribution in [0.2, 0.25) is 0 Å². The minimum absolute atomic E-state index is 0.0506. The number of nitrogens with two attached hydrogens (primary N) is 3. The van der Waals surface area contributed by atoms with Crippen LogP contribution in [0.15, 0.2) is 130 Å². The Bertz CT molecular complexity index is 3150. The Hall–Kier alpha value is -6.23. The fourth-order valence-electron chi connectivity index (χ4n) is 15.5. The molecule has 0 saturated heterocycles. The van der Waals surface area contributed by atoms with Crippen molar-refractivity contribution >= 4 is 17.6 Å². The van der Waals surface area contributed by atoms with E-state index in [2.05, 4.69) is 52.4 Å². The normalized spacial score (nSPS) is 32.0. The third kappa shape index (κ3) is 15.3. The van der Waals surface area contributed by atoms with E-state index in [-0.39, 0.29) is 75.2 Å². The Balaban J connectivity index is 1.08. The Morgan fingerprint density at radius 2 is 1.69 bits per heavy atom. The van der Waals surface area contributed by atoms with Gasteiger partial charge in [-0.25, -0.2) is 0 Å². The number of nitrogens with zero attached hydrogens (tertiary/aromatic N) is 1. The summed E-state index contributed by atoms with van der Waals surface area (Å²) in [7, 11) is 0. The minimum atomic E-state index is -1.39. The largest absolute Gasteiger partial charge is 0.508 e. The van der Waals surface area contributed by atoms with Crippen molar-refractivity contribution in [1.29, 1.82) is 0 Å². The molecule has 3 saturated carbocycles. The SMILES string of the molecule is C=C1C=CC=C(C2CCC3(C4CCC(O)Cc5cccc(c5)CC(C(CN=C(N)N)c5ccc(O)cc5)C(O)CNC5C(=O)NC(N)c6cccc(c65)CC(=O)C(C)=C4CCC3(C)O)C2O)COCC#CCC(C)=CCC1NCC1CCCCC1CO. The van der Waals surface area contributed by atoms with Crippen LogP contribution in [0, 0.1) is 46.8 Å². The van der Waals surface area contributed by atoms with E-state index in [4.69, 9.17) is 21.9 Å². The lowest BCUT2D eigenvalue weighted by Gasteiger charge is -2.56. The van der Waals surface area contributed by atoms with Crippen molar-refractivity contribution in [3.63, 3.8) is 0 Å². The first kappa shape index (κ1) is 65.2. The van der Waals surface area contributed by atoms with E-state index in [1.54, 1.807) is 24.3 Å². The Labute approximate surface area is 514 Å². The van der Waals surface area contributed by atoms with Gasteiger partial charge in [-0.2, -0.15) is 0 Å². The highest BCUT2D eigenvalue weighted by atomic mass is 16.5. The van der Waals surface area contributed by atoms with Crippen molar-refractivity contribution < 1.29 is 45.0 Å². The first-order valence-electron chi connectivity index (χ1n) is 31.7. The van der Waals surface area contributed by atoms with Gasteiger partial charge in [-0.3, -0.25) is 19.9 Å². The number of ketones is 1. The number of β-amino-alcohol motifs (C(OH)–C–C–N with tert-alkyl or cyclic N) is 1. The summed E-state index contributed by atoms with van der Waals surface area (Å²) in [4.78, 5) is 34.0. The van der Waals surface area contributed by atoms with Crippen molar-refractivity contribution in [3.05, 3.63) is 159 Å². The summed E-state index contributed by atoms with van der Waals surface area (Å²) in [6.07, 6.45) is 13.0. The first-order valence-corrected chi connectivity index (χ1v) is 31.7. The van der Waals surface area contributed by atoms with Gasteiger partial charge in [0, 0.05) is 55.8 Å². The van der Waals surface area contributed by atoms with Gasteiger partial charge in [-0.05, 0) is 184 Å². The zero-order valence-electron chi connectivity index (χ0n) is 51.2. The van der Waals surface area contributed by atoms with Crippen molar-refractivity contribution in [1.82, 2.24) is 16.0 Å². The maximum atomic E-state index is 15.3. The second-order valence-electron chi connectivity index (χ2n) is 26.0. The number of Topliss-reactive ketones (excluding diaryl/α,β-unsaturated/α-hetero) is 1. The second-order valence-corrected chi connectivity index (χ2v) is 26.0. The first-order chi connectivity index (χ1) is 41.8. The molecule has 1 spiro atoms. The number of allylic oxidation sites excluding steroid dienone is 5. The third-order valence-corrected chi connectivity index (χ3v) is 20.5. The van der Waals surface area contributed by atoms with E-state index in [0.29, 0.717) is 79.5 Å². The zero-order chi connectivity index (χ0) is 62.0. The van der Waals surface area contributed by atoms with Crippen LogP contribution in [0.3, 0.4) is 0 Å². The van der Waals surface area contributed by atoms with Gasteiger partial charge in [-0.15, -0.1) is 0 Å². The highest BCUT2D eigenvalue weighted by molar-refractivity contribution is 5.98. The van der Waals surface area contributed by atoms with Gasteiger partial charge in [0.25, 0.3) is 0 Å². The van der Waals surface area contributed by atoms with Crippen LogP contribution in [0.25, 0.3) is 0 Å². The molecule has 15 N–H and O–H groups in total. The molecular weight excluding hydrogens is 1090 g/mol. The summed E-state index contributed by atoms with van der Waals surface area (Å²) < 4.78 is 6.31. The van der Waals surface area contributed by atoms with Gasteiger partial charge < -0.3 is 63.2 Å². The van der Waals surface area contributed by atoms with Gasteiger partial charge in [0.2, 0.25) is 5.91 Å². The van der Waals surface area contributed by atoms with Crippen molar-refractivity contribution in [2.24, 2.45) is 57.2 Å². The molecule has 0 aromatic heterocycles. The number of phenolic OH excluding ortho intramolecular Hbond substituents is 1. The number of phenols is 1. The number of aliphatic hydroxyl groups is 5. The number of amides is 1. The lowest BCUT2D eigenvalue weighted by molar-refractivity contribution is -0.168. The molecular formula is C71H95N7O9. The molecule has 1 amide bonds. The fraction of sp³-hybridized carbons (Fsp3) is 0.535. The highest BCUT2D eigenvalue weighted by Crippen LogP contribution is 2.63. The number of benzene rings is 3. The Kier molecular flexibility index (Phi) is 22.0. The monoisotopic (exact) mass is 1190 g/mol. The number of nitrogens with one attached hydrogen (secondary N) is 3. The number of carbonyl (C=O) groups excluding carboxylic acids is 2. The number of guanidine groups is 1. The number of aromatic hydroxyl groups is 1. The molecule has 0 radical (unpaired) electrons. The molecule has 3 heterocycles. The van der Waals surface area contributed by atoms with E-state index >= 15 is 4.79 Å². The van der Waals surface area contributed by atoms with Crippen LogP contribution >= 0.6 is 0 Å². The standard InChI is InChI=1S/C71H95N7O9/c1-43-12-7-8-33-87-42-52(19-9-13-44(2)61(28-21-43)75-38-50-16-5-6-17-51(50)41-79)56-30-32-71(66(56)84)60-27-26-54(81)35-46-14-10-15-47(34-46)36-58(59(39-77-69(73)74)48-22-24-53(80)25-23-48)63(83)40-76-65-64-49(18-11-20-57(64)67(72)78-68(65)85)37-62(82)45(3)55(60)29-31-70(71,4)86/h9-11,13-15,18-25,34,50-51,54,56,58-61,63,65-67,75-76,79-81,83-84,86H,2,5-6,12,16-17,26-33,35-42,72H2,1,3-4H3,(H,78,85)(H4,73,74,77). The average molecular weight is 1190 g/mol. The molecule has 3 fully saturated rings. The van der Waals surface area contributed by atoms with E-state index in [1.165, 1.54) is 0 Å². The van der Waals surface area contributed by atoms with Gasteiger partial charge >= 0.3 is 0 Å². The van der Waals surface area contributed by atoms with E-state index in [9.17, 15) is 35.4 Å². The van der Waals surface area contributed by atoms with Crippen LogP contribution in [-0.2, 0) is 33.6 Å². The number of aliphatic hydroxyl groups excluding tert-OH is 4. The zero-order valence-corrected chi connectivity index (χ0v) is 51.2. The smallest absolute Gasteiger partial charge is 0.243 e. The summed E-state index contributed by atoms with van der Waals surface area (Å²) >= 11 is 0. The molecule has 468 valence electrons. The summed E-state index contributed by atoms with van der Waals surface area (Å²) in [6, 6.07) is 19.1. The molecule has 3 aliphatic heterocycles. The summed E-state index contributed by atoms with van der Waals surface area (Å²) in [5.74, 6) is 4.51. The van der Waals surface area contributed by atoms with E-state index in [1.807, 2.05) is 74.5 Å². The van der Waals surface area contributed by atoms with Crippen molar-refractivity contribution in [2.45, 2.75) is 165 Å². The maximum Gasteiger partial charge on any atom is 0.243 e. The predicted molar refractivity (Wildman–Crippen MR) is 341 cm³/mol. The number of fused-ring (bicyclic) bond motifs is 4. The minimum Gasteiger partial charge on any atom is -0.508 e. The molecule has 87 heavy (non-hydrogen) atoms. The lowest BCUT2D eigenvalue weighted by atomic mass is 9.52. The van der Waals surface area contributed by atoms with Crippen LogP contribution in [0.1, 0.15) is 149 Å². The van der Waals surface area contributed by atoms with E-state index in [0.717, 1.165) is 77.6 Å². The van der Waals surface area contributed by atoms with Gasteiger partial charge in [-0.1, -0.05) is 121 Å². The summed E-state index contributed by atoms with van der Waals surface area (Å²) in [6.45, 7) is 11.7. The second kappa shape index (κ2) is 29.4. The van der Waals surface area contributed by atoms with Crippen LogP contribution in [0.5, 0.6) is 5.75 Å².